The van der Waals surface area contributed by atoms with Gasteiger partial charge in [-0.1, -0.05) is 6.42 Å². The predicted octanol–water partition coefficient (Wildman–Crippen LogP) is 3.45. The Hall–Kier alpha value is -2.75. The fourth-order valence-corrected chi connectivity index (χ4v) is 3.29. The van der Waals surface area contributed by atoms with E-state index >= 15 is 0 Å². The van der Waals surface area contributed by atoms with E-state index in [9.17, 15) is 10.1 Å². The molecule has 1 fully saturated rings. The molecule has 138 valence electrons. The zero-order valence-corrected chi connectivity index (χ0v) is 15.5. The van der Waals surface area contributed by atoms with Gasteiger partial charge in [0.2, 0.25) is 0 Å². The van der Waals surface area contributed by atoms with Crippen molar-refractivity contribution < 1.29 is 9.53 Å². The lowest BCUT2D eigenvalue weighted by Gasteiger charge is -2.33. The number of anilines is 1. The highest BCUT2D eigenvalue weighted by molar-refractivity contribution is 5.77. The minimum Gasteiger partial charge on any atom is -0.444 e. The molecule has 26 heavy (non-hydrogen) atoms. The average Bonchev–Trinajstić information content (AvgIpc) is 3.04. The zero-order valence-electron chi connectivity index (χ0n) is 15.5. The van der Waals surface area contributed by atoms with Crippen molar-refractivity contribution in [3.05, 3.63) is 30.1 Å². The number of amides is 1. The van der Waals surface area contributed by atoms with Gasteiger partial charge < -0.3 is 15.4 Å². The Balaban J connectivity index is 1.80. The molecule has 0 aromatic carbocycles. The Bertz CT molecular complexity index is 831. The molecule has 7 heteroatoms. The van der Waals surface area contributed by atoms with Gasteiger partial charge in [-0.15, -0.1) is 0 Å². The summed E-state index contributed by atoms with van der Waals surface area (Å²) in [7, 11) is 0. The SMILES string of the molecule is CC(C)(C)NC(=O)O[C@@H]1CCCC[C@H]1Nc1c(C#N)cnn2cccc12. The number of carbonyl (C=O) groups is 1. The first-order chi connectivity index (χ1) is 12.4. The van der Waals surface area contributed by atoms with Crippen molar-refractivity contribution in [3.8, 4) is 6.07 Å². The third-order valence-electron chi connectivity index (χ3n) is 4.45. The van der Waals surface area contributed by atoms with Gasteiger partial charge in [0.25, 0.3) is 0 Å². The molecular weight excluding hydrogens is 330 g/mol. The second kappa shape index (κ2) is 7.24. The average molecular weight is 355 g/mol. The Labute approximate surface area is 153 Å². The van der Waals surface area contributed by atoms with Crippen LogP contribution >= 0.6 is 0 Å². The summed E-state index contributed by atoms with van der Waals surface area (Å²) in [5, 5.41) is 20.0. The van der Waals surface area contributed by atoms with Crippen molar-refractivity contribution in [2.45, 2.75) is 64.1 Å². The number of hydrogen-bond acceptors (Lipinski definition) is 5. The first-order valence-corrected chi connectivity index (χ1v) is 8.99. The molecule has 2 aromatic heterocycles. The minimum atomic E-state index is -0.403. The molecule has 3 rings (SSSR count). The maximum absolute atomic E-state index is 12.2. The quantitative estimate of drug-likeness (QED) is 0.880. The standard InChI is InChI=1S/C19H25N5O2/c1-19(2,3)23-18(25)26-16-9-5-4-7-14(16)22-17-13(11-20)12-21-24-10-6-8-15(17)24/h6,8,10,12,14,16,22H,4-5,7,9H2,1-3H3,(H,23,25)/t14-,16-/m1/s1. The van der Waals surface area contributed by atoms with Crippen LogP contribution < -0.4 is 10.6 Å². The van der Waals surface area contributed by atoms with Crippen molar-refractivity contribution in [3.63, 3.8) is 0 Å². The molecule has 2 atom stereocenters. The molecule has 2 N–H and O–H groups in total. The Morgan fingerprint density at radius 2 is 2.15 bits per heavy atom. The van der Waals surface area contributed by atoms with Gasteiger partial charge in [0.15, 0.2) is 0 Å². The smallest absolute Gasteiger partial charge is 0.407 e. The molecule has 2 heterocycles. The summed E-state index contributed by atoms with van der Waals surface area (Å²) in [6, 6.07) is 5.96. The molecule has 1 amide bonds. The molecule has 0 radical (unpaired) electrons. The number of fused-ring (bicyclic) bond motifs is 1. The van der Waals surface area contributed by atoms with E-state index in [1.54, 1.807) is 10.7 Å². The molecule has 0 spiro atoms. The van der Waals surface area contributed by atoms with Crippen LogP contribution in [0.4, 0.5) is 10.5 Å². The summed E-state index contributed by atoms with van der Waals surface area (Å²) < 4.78 is 7.43. The van der Waals surface area contributed by atoms with Gasteiger partial charge in [0, 0.05) is 11.7 Å². The van der Waals surface area contributed by atoms with Crippen LogP contribution in [0.1, 0.15) is 52.0 Å². The number of carbonyl (C=O) groups excluding carboxylic acids is 1. The number of hydrogen-bond donors (Lipinski definition) is 2. The first-order valence-electron chi connectivity index (χ1n) is 8.99. The van der Waals surface area contributed by atoms with E-state index in [1.807, 2.05) is 39.1 Å². The molecular formula is C19H25N5O2. The van der Waals surface area contributed by atoms with Crippen LogP contribution in [0.5, 0.6) is 0 Å². The van der Waals surface area contributed by atoms with Gasteiger partial charge in [-0.2, -0.15) is 10.4 Å². The highest BCUT2D eigenvalue weighted by Crippen LogP contribution is 2.28. The first kappa shape index (κ1) is 18.1. The Morgan fingerprint density at radius 1 is 1.38 bits per heavy atom. The largest absolute Gasteiger partial charge is 0.444 e. The monoisotopic (exact) mass is 355 g/mol. The van der Waals surface area contributed by atoms with Crippen molar-refractivity contribution >= 4 is 17.3 Å². The molecule has 1 aliphatic rings. The maximum Gasteiger partial charge on any atom is 0.407 e. The van der Waals surface area contributed by atoms with Crippen molar-refractivity contribution in [1.82, 2.24) is 14.9 Å². The van der Waals surface area contributed by atoms with E-state index < -0.39 is 6.09 Å². The van der Waals surface area contributed by atoms with E-state index in [0.29, 0.717) is 5.56 Å². The van der Waals surface area contributed by atoms with E-state index in [4.69, 9.17) is 4.74 Å². The van der Waals surface area contributed by atoms with Gasteiger partial charge in [0.1, 0.15) is 12.2 Å². The normalized spacial score (nSPS) is 20.4. The summed E-state index contributed by atoms with van der Waals surface area (Å²) in [5.74, 6) is 0. The Kier molecular flexibility index (Phi) is 5.03. The zero-order chi connectivity index (χ0) is 18.7. The maximum atomic E-state index is 12.2. The van der Waals surface area contributed by atoms with Crippen molar-refractivity contribution in [2.24, 2.45) is 0 Å². The number of nitrogens with one attached hydrogen (secondary N) is 2. The fraction of sp³-hybridized carbons (Fsp3) is 0.526. The highest BCUT2D eigenvalue weighted by atomic mass is 16.6. The van der Waals surface area contributed by atoms with Crippen molar-refractivity contribution in [1.29, 1.82) is 5.26 Å². The second-order valence-electron chi connectivity index (χ2n) is 7.74. The second-order valence-corrected chi connectivity index (χ2v) is 7.74. The summed E-state index contributed by atoms with van der Waals surface area (Å²) in [6.45, 7) is 5.76. The number of nitriles is 1. The predicted molar refractivity (Wildman–Crippen MR) is 98.9 cm³/mol. The molecule has 7 nitrogen and oxygen atoms in total. The van der Waals surface area contributed by atoms with Gasteiger partial charge in [-0.3, -0.25) is 0 Å². The van der Waals surface area contributed by atoms with Gasteiger partial charge in [0.05, 0.1) is 29.0 Å². The number of aromatic nitrogens is 2. The molecule has 1 aliphatic carbocycles. The third-order valence-corrected chi connectivity index (χ3v) is 4.45. The summed E-state index contributed by atoms with van der Waals surface area (Å²) >= 11 is 0. The molecule has 0 saturated heterocycles. The molecule has 0 aliphatic heterocycles. The topological polar surface area (TPSA) is 91.5 Å². The number of ether oxygens (including phenoxy) is 1. The van der Waals surface area contributed by atoms with Crippen LogP contribution in [0, 0.1) is 11.3 Å². The summed E-state index contributed by atoms with van der Waals surface area (Å²) in [4.78, 5) is 12.2. The van der Waals surface area contributed by atoms with E-state index in [0.717, 1.165) is 36.9 Å². The van der Waals surface area contributed by atoms with Crippen LogP contribution in [-0.2, 0) is 4.74 Å². The van der Waals surface area contributed by atoms with E-state index in [1.165, 1.54) is 0 Å². The van der Waals surface area contributed by atoms with Gasteiger partial charge in [-0.05, 0) is 52.2 Å². The summed E-state index contributed by atoms with van der Waals surface area (Å²) in [5.41, 5.74) is 1.72. The lowest BCUT2D eigenvalue weighted by atomic mass is 9.92. The molecule has 2 aromatic rings. The Morgan fingerprint density at radius 3 is 2.88 bits per heavy atom. The lowest BCUT2D eigenvalue weighted by Crippen LogP contribution is -2.46. The van der Waals surface area contributed by atoms with Crippen LogP contribution in [0.25, 0.3) is 5.52 Å². The molecule has 1 saturated carbocycles. The fourth-order valence-electron chi connectivity index (χ4n) is 3.29. The lowest BCUT2D eigenvalue weighted by molar-refractivity contribution is 0.0627. The van der Waals surface area contributed by atoms with Gasteiger partial charge in [-0.25, -0.2) is 9.31 Å². The van der Waals surface area contributed by atoms with Crippen LogP contribution in [0.15, 0.2) is 24.5 Å². The molecule has 0 bridgehead atoms. The van der Waals surface area contributed by atoms with Crippen molar-refractivity contribution in [2.75, 3.05) is 5.32 Å². The highest BCUT2D eigenvalue weighted by Gasteiger charge is 2.30. The van der Waals surface area contributed by atoms with E-state index in [2.05, 4.69) is 21.8 Å². The minimum absolute atomic E-state index is 0.0392. The van der Waals surface area contributed by atoms with Crippen LogP contribution in [0.3, 0.4) is 0 Å². The van der Waals surface area contributed by atoms with E-state index in [-0.39, 0.29) is 17.7 Å². The molecule has 0 unspecified atom stereocenters. The van der Waals surface area contributed by atoms with Crippen LogP contribution in [0.2, 0.25) is 0 Å². The van der Waals surface area contributed by atoms with Gasteiger partial charge >= 0.3 is 6.09 Å². The number of nitrogens with zero attached hydrogens (tertiary/aromatic N) is 3. The summed E-state index contributed by atoms with van der Waals surface area (Å²) in [6.07, 6.45) is 6.52. The number of rotatable bonds is 3. The number of alkyl carbamates (subject to hydrolysis) is 1. The third kappa shape index (κ3) is 4.07. The van der Waals surface area contributed by atoms with Crippen LogP contribution in [-0.4, -0.2) is 33.4 Å².